The minimum absolute atomic E-state index is 0.108. The number of para-hydroxylation sites is 2. The SMILES string of the molecule is CC(C)(C)OC(=O)N1CCCN(CC(=O)Nc2ccccc2N)CC1. The van der Waals surface area contributed by atoms with Crippen LogP contribution in [0.15, 0.2) is 24.3 Å². The van der Waals surface area contributed by atoms with Gasteiger partial charge in [-0.1, -0.05) is 12.1 Å². The van der Waals surface area contributed by atoms with Crippen molar-refractivity contribution < 1.29 is 14.3 Å². The number of hydrogen-bond acceptors (Lipinski definition) is 5. The van der Waals surface area contributed by atoms with Gasteiger partial charge in [0.2, 0.25) is 5.91 Å². The van der Waals surface area contributed by atoms with Crippen LogP contribution in [0.5, 0.6) is 0 Å². The third kappa shape index (κ3) is 6.26. The van der Waals surface area contributed by atoms with Gasteiger partial charge >= 0.3 is 6.09 Å². The summed E-state index contributed by atoms with van der Waals surface area (Å²) in [5, 5.41) is 2.83. The molecule has 0 bridgehead atoms. The van der Waals surface area contributed by atoms with Gasteiger partial charge in [-0.25, -0.2) is 4.79 Å². The van der Waals surface area contributed by atoms with E-state index in [1.807, 2.05) is 37.8 Å². The highest BCUT2D eigenvalue weighted by molar-refractivity contribution is 5.95. The number of rotatable bonds is 3. The minimum Gasteiger partial charge on any atom is -0.444 e. The minimum atomic E-state index is -0.501. The van der Waals surface area contributed by atoms with Gasteiger partial charge in [-0.15, -0.1) is 0 Å². The molecule has 1 aliphatic rings. The highest BCUT2D eigenvalue weighted by atomic mass is 16.6. The molecule has 0 spiro atoms. The molecule has 0 radical (unpaired) electrons. The van der Waals surface area contributed by atoms with Crippen molar-refractivity contribution in [2.45, 2.75) is 32.8 Å². The lowest BCUT2D eigenvalue weighted by molar-refractivity contribution is -0.117. The Morgan fingerprint density at radius 1 is 1.16 bits per heavy atom. The molecule has 7 nitrogen and oxygen atoms in total. The first-order chi connectivity index (χ1) is 11.7. The normalized spacial score (nSPS) is 16.2. The summed E-state index contributed by atoms with van der Waals surface area (Å²) in [5.74, 6) is -0.108. The summed E-state index contributed by atoms with van der Waals surface area (Å²) in [4.78, 5) is 28.1. The lowest BCUT2D eigenvalue weighted by Gasteiger charge is -2.26. The fraction of sp³-hybridized carbons (Fsp3) is 0.556. The fourth-order valence-electron chi connectivity index (χ4n) is 2.64. The lowest BCUT2D eigenvalue weighted by Crippen LogP contribution is -2.40. The number of ether oxygens (including phenoxy) is 1. The molecule has 1 aliphatic heterocycles. The number of carbonyl (C=O) groups is 2. The molecule has 1 aromatic rings. The molecule has 7 heteroatoms. The molecule has 25 heavy (non-hydrogen) atoms. The average molecular weight is 348 g/mol. The van der Waals surface area contributed by atoms with Crippen molar-refractivity contribution in [1.29, 1.82) is 0 Å². The third-order valence-corrected chi connectivity index (χ3v) is 3.84. The number of hydrogen-bond donors (Lipinski definition) is 2. The lowest BCUT2D eigenvalue weighted by atomic mass is 10.2. The van der Waals surface area contributed by atoms with Crippen molar-refractivity contribution in [3.8, 4) is 0 Å². The molecule has 3 N–H and O–H groups in total. The Bertz CT molecular complexity index is 613. The summed E-state index contributed by atoms with van der Waals surface area (Å²) in [6.07, 6.45) is 0.510. The molecule has 0 atom stereocenters. The zero-order valence-electron chi connectivity index (χ0n) is 15.2. The summed E-state index contributed by atoms with van der Waals surface area (Å²) in [6.45, 7) is 8.43. The highest BCUT2D eigenvalue weighted by Crippen LogP contribution is 2.17. The van der Waals surface area contributed by atoms with Crippen LogP contribution in [0.4, 0.5) is 16.2 Å². The largest absolute Gasteiger partial charge is 0.444 e. The van der Waals surface area contributed by atoms with Crippen molar-refractivity contribution in [2.24, 2.45) is 0 Å². The summed E-state index contributed by atoms with van der Waals surface area (Å²) in [6, 6.07) is 7.18. The standard InChI is InChI=1S/C18H28N4O3/c1-18(2,3)25-17(24)22-10-6-9-21(11-12-22)13-16(23)20-15-8-5-4-7-14(15)19/h4-5,7-8H,6,9-13,19H2,1-3H3,(H,20,23). The van der Waals surface area contributed by atoms with Crippen molar-refractivity contribution in [3.05, 3.63) is 24.3 Å². The van der Waals surface area contributed by atoms with Crippen LogP contribution in [0.1, 0.15) is 27.2 Å². The first-order valence-corrected chi connectivity index (χ1v) is 8.59. The average Bonchev–Trinajstić information content (AvgIpc) is 2.73. The molecule has 1 aromatic carbocycles. The molecular weight excluding hydrogens is 320 g/mol. The van der Waals surface area contributed by atoms with E-state index in [0.29, 0.717) is 31.0 Å². The number of benzene rings is 1. The molecule has 0 aromatic heterocycles. The Hall–Kier alpha value is -2.28. The fourth-order valence-corrected chi connectivity index (χ4v) is 2.64. The van der Waals surface area contributed by atoms with Gasteiger partial charge in [-0.05, 0) is 39.3 Å². The maximum absolute atomic E-state index is 12.2. The van der Waals surface area contributed by atoms with Gasteiger partial charge in [0.15, 0.2) is 0 Å². The molecule has 2 rings (SSSR count). The Kier molecular flexibility index (Phi) is 6.25. The van der Waals surface area contributed by atoms with Gasteiger partial charge in [-0.3, -0.25) is 9.69 Å². The smallest absolute Gasteiger partial charge is 0.410 e. The second-order valence-electron chi connectivity index (χ2n) is 7.23. The van der Waals surface area contributed by atoms with E-state index in [4.69, 9.17) is 10.5 Å². The summed E-state index contributed by atoms with van der Waals surface area (Å²) in [5.41, 5.74) is 6.51. The van der Waals surface area contributed by atoms with Crippen LogP contribution >= 0.6 is 0 Å². The van der Waals surface area contributed by atoms with Crippen LogP contribution in [0, 0.1) is 0 Å². The van der Waals surface area contributed by atoms with Crippen LogP contribution in [0.3, 0.4) is 0 Å². The molecule has 0 saturated carbocycles. The predicted molar refractivity (Wildman–Crippen MR) is 98.3 cm³/mol. The Labute approximate surface area is 149 Å². The van der Waals surface area contributed by atoms with Gasteiger partial charge < -0.3 is 20.7 Å². The molecule has 1 saturated heterocycles. The van der Waals surface area contributed by atoms with E-state index in [2.05, 4.69) is 5.32 Å². The van der Waals surface area contributed by atoms with Crippen LogP contribution in [-0.2, 0) is 9.53 Å². The number of nitrogens with one attached hydrogen (secondary N) is 1. The summed E-state index contributed by atoms with van der Waals surface area (Å²) >= 11 is 0. The van der Waals surface area contributed by atoms with Crippen LogP contribution in [0.2, 0.25) is 0 Å². The Morgan fingerprint density at radius 3 is 2.56 bits per heavy atom. The van der Waals surface area contributed by atoms with Crippen molar-refractivity contribution in [2.75, 3.05) is 43.8 Å². The first kappa shape index (κ1) is 19.1. The first-order valence-electron chi connectivity index (χ1n) is 8.59. The Morgan fingerprint density at radius 2 is 1.88 bits per heavy atom. The van der Waals surface area contributed by atoms with Gasteiger partial charge in [0.25, 0.3) is 0 Å². The number of nitrogens with zero attached hydrogens (tertiary/aromatic N) is 2. The Balaban J connectivity index is 1.83. The van der Waals surface area contributed by atoms with E-state index in [9.17, 15) is 9.59 Å². The third-order valence-electron chi connectivity index (χ3n) is 3.84. The van der Waals surface area contributed by atoms with Crippen molar-refractivity contribution >= 4 is 23.4 Å². The zero-order chi connectivity index (χ0) is 18.4. The monoisotopic (exact) mass is 348 g/mol. The highest BCUT2D eigenvalue weighted by Gasteiger charge is 2.25. The zero-order valence-corrected chi connectivity index (χ0v) is 15.2. The van der Waals surface area contributed by atoms with Gasteiger partial charge in [0, 0.05) is 26.2 Å². The molecule has 0 unspecified atom stereocenters. The van der Waals surface area contributed by atoms with Crippen molar-refractivity contribution in [3.63, 3.8) is 0 Å². The molecule has 1 heterocycles. The van der Waals surface area contributed by atoms with E-state index in [-0.39, 0.29) is 18.5 Å². The molecule has 1 fully saturated rings. The van der Waals surface area contributed by atoms with Crippen LogP contribution in [0.25, 0.3) is 0 Å². The maximum Gasteiger partial charge on any atom is 0.410 e. The van der Waals surface area contributed by atoms with Crippen molar-refractivity contribution in [1.82, 2.24) is 9.80 Å². The van der Waals surface area contributed by atoms with Gasteiger partial charge in [0.05, 0.1) is 17.9 Å². The molecular formula is C18H28N4O3. The van der Waals surface area contributed by atoms with E-state index in [1.54, 1.807) is 17.0 Å². The molecule has 0 aliphatic carbocycles. The van der Waals surface area contributed by atoms with Crippen LogP contribution < -0.4 is 11.1 Å². The maximum atomic E-state index is 12.2. The number of amides is 2. The summed E-state index contributed by atoms with van der Waals surface area (Å²) in [7, 11) is 0. The van der Waals surface area contributed by atoms with E-state index in [1.165, 1.54) is 0 Å². The van der Waals surface area contributed by atoms with Gasteiger partial charge in [-0.2, -0.15) is 0 Å². The topological polar surface area (TPSA) is 87.9 Å². The second-order valence-corrected chi connectivity index (χ2v) is 7.23. The predicted octanol–water partition coefficient (Wildman–Crippen LogP) is 2.15. The molecule has 138 valence electrons. The van der Waals surface area contributed by atoms with E-state index >= 15 is 0 Å². The van der Waals surface area contributed by atoms with Gasteiger partial charge in [0.1, 0.15) is 5.60 Å². The number of nitrogen functional groups attached to an aromatic ring is 1. The number of carbonyl (C=O) groups excluding carboxylic acids is 2. The number of nitrogens with two attached hydrogens (primary N) is 1. The van der Waals surface area contributed by atoms with E-state index in [0.717, 1.165) is 13.0 Å². The van der Waals surface area contributed by atoms with Crippen LogP contribution in [-0.4, -0.2) is 60.1 Å². The molecule has 2 amide bonds. The second kappa shape index (κ2) is 8.20. The number of anilines is 2. The quantitative estimate of drug-likeness (QED) is 0.817. The van der Waals surface area contributed by atoms with E-state index < -0.39 is 5.60 Å². The summed E-state index contributed by atoms with van der Waals surface area (Å²) < 4.78 is 5.42.